The van der Waals surface area contributed by atoms with Gasteiger partial charge in [-0.3, -0.25) is 14.5 Å². The third-order valence-electron chi connectivity index (χ3n) is 4.68. The Bertz CT molecular complexity index is 812. The molecule has 29 heavy (non-hydrogen) atoms. The number of hydrogen-bond acceptors (Lipinski definition) is 6. The summed E-state index contributed by atoms with van der Waals surface area (Å²) in [5.41, 5.74) is 0.521. The van der Waals surface area contributed by atoms with Crippen LogP contribution in [0, 0.1) is 0 Å². The monoisotopic (exact) mass is 460 g/mol. The molecule has 1 aliphatic heterocycles. The van der Waals surface area contributed by atoms with E-state index in [0.29, 0.717) is 12.1 Å². The molecular weight excluding hydrogens is 436 g/mol. The minimum atomic E-state index is -0.262. The predicted octanol–water partition coefficient (Wildman–Crippen LogP) is 1.30. The Balaban J connectivity index is 1.27. The standard InChI is InChI=1S/C20H25BrN6O2/c21-17-5-1-4-16(14-17)19(29)25-15-18(28)22-8-3-9-26-10-12-27(13-11-26)20-23-6-2-7-24-20/h1-2,4-7,14H,3,8-13,15H2,(H,22,28)(H,25,29). The highest BCUT2D eigenvalue weighted by molar-refractivity contribution is 9.10. The van der Waals surface area contributed by atoms with Gasteiger partial charge in [0.2, 0.25) is 11.9 Å². The predicted molar refractivity (Wildman–Crippen MR) is 115 cm³/mol. The van der Waals surface area contributed by atoms with Crippen LogP contribution in [0.25, 0.3) is 0 Å². The summed E-state index contributed by atoms with van der Waals surface area (Å²) in [4.78, 5) is 37.1. The first kappa shape index (κ1) is 21.2. The minimum absolute atomic E-state index is 0.0267. The number of anilines is 1. The van der Waals surface area contributed by atoms with Gasteiger partial charge < -0.3 is 15.5 Å². The van der Waals surface area contributed by atoms with Gasteiger partial charge >= 0.3 is 0 Å². The fraction of sp³-hybridized carbons (Fsp3) is 0.400. The van der Waals surface area contributed by atoms with E-state index in [-0.39, 0.29) is 18.4 Å². The molecule has 2 aromatic rings. The molecule has 1 fully saturated rings. The van der Waals surface area contributed by atoms with Gasteiger partial charge in [-0.1, -0.05) is 22.0 Å². The van der Waals surface area contributed by atoms with Crippen molar-refractivity contribution in [2.24, 2.45) is 0 Å². The summed E-state index contributed by atoms with van der Waals surface area (Å²) in [6.45, 7) is 5.20. The van der Waals surface area contributed by atoms with E-state index in [9.17, 15) is 9.59 Å². The Labute approximate surface area is 178 Å². The number of nitrogens with zero attached hydrogens (tertiary/aromatic N) is 4. The van der Waals surface area contributed by atoms with Gasteiger partial charge in [0.25, 0.3) is 5.91 Å². The zero-order valence-corrected chi connectivity index (χ0v) is 17.8. The highest BCUT2D eigenvalue weighted by Gasteiger charge is 2.18. The van der Waals surface area contributed by atoms with Crippen molar-refractivity contribution in [1.82, 2.24) is 25.5 Å². The summed E-state index contributed by atoms with van der Waals surface area (Å²) >= 11 is 3.33. The lowest BCUT2D eigenvalue weighted by Crippen LogP contribution is -2.47. The molecule has 3 rings (SSSR count). The Morgan fingerprint density at radius 2 is 1.79 bits per heavy atom. The smallest absolute Gasteiger partial charge is 0.251 e. The first-order valence-corrected chi connectivity index (χ1v) is 10.5. The van der Waals surface area contributed by atoms with E-state index >= 15 is 0 Å². The van der Waals surface area contributed by atoms with Gasteiger partial charge in [0.05, 0.1) is 6.54 Å². The van der Waals surface area contributed by atoms with Gasteiger partial charge in [-0.25, -0.2) is 9.97 Å². The molecular formula is C20H25BrN6O2. The molecule has 2 heterocycles. The van der Waals surface area contributed by atoms with Crippen molar-refractivity contribution in [2.75, 3.05) is 50.7 Å². The second-order valence-electron chi connectivity index (χ2n) is 6.77. The van der Waals surface area contributed by atoms with Crippen molar-refractivity contribution in [3.63, 3.8) is 0 Å². The van der Waals surface area contributed by atoms with Gasteiger partial charge in [0.1, 0.15) is 0 Å². The van der Waals surface area contributed by atoms with Crippen LogP contribution in [0.1, 0.15) is 16.8 Å². The number of aromatic nitrogens is 2. The zero-order chi connectivity index (χ0) is 20.5. The lowest BCUT2D eigenvalue weighted by atomic mass is 10.2. The number of carbonyl (C=O) groups is 2. The molecule has 1 aromatic heterocycles. The molecule has 0 atom stereocenters. The van der Waals surface area contributed by atoms with Crippen molar-refractivity contribution < 1.29 is 9.59 Å². The number of piperazine rings is 1. The van der Waals surface area contributed by atoms with E-state index in [1.54, 1.807) is 30.6 Å². The average Bonchev–Trinajstić information content (AvgIpc) is 2.76. The van der Waals surface area contributed by atoms with E-state index in [1.165, 1.54) is 0 Å². The van der Waals surface area contributed by atoms with E-state index in [0.717, 1.165) is 49.6 Å². The maximum absolute atomic E-state index is 12.0. The molecule has 0 bridgehead atoms. The molecule has 0 spiro atoms. The van der Waals surface area contributed by atoms with Crippen LogP contribution in [-0.4, -0.2) is 72.5 Å². The summed E-state index contributed by atoms with van der Waals surface area (Å²) in [6, 6.07) is 8.88. The number of hydrogen-bond donors (Lipinski definition) is 2. The van der Waals surface area contributed by atoms with Crippen LogP contribution in [0.5, 0.6) is 0 Å². The molecule has 1 saturated heterocycles. The molecule has 2 N–H and O–H groups in total. The highest BCUT2D eigenvalue weighted by atomic mass is 79.9. The van der Waals surface area contributed by atoms with Gasteiger partial charge in [-0.05, 0) is 37.2 Å². The number of rotatable bonds is 8. The van der Waals surface area contributed by atoms with Gasteiger partial charge in [-0.15, -0.1) is 0 Å². The zero-order valence-electron chi connectivity index (χ0n) is 16.2. The van der Waals surface area contributed by atoms with Crippen molar-refractivity contribution in [3.05, 3.63) is 52.8 Å². The fourth-order valence-electron chi connectivity index (χ4n) is 3.11. The lowest BCUT2D eigenvalue weighted by Gasteiger charge is -2.34. The largest absolute Gasteiger partial charge is 0.355 e. The van der Waals surface area contributed by atoms with E-state index in [4.69, 9.17) is 0 Å². The fourth-order valence-corrected chi connectivity index (χ4v) is 3.51. The van der Waals surface area contributed by atoms with Crippen LogP contribution in [0.2, 0.25) is 0 Å². The Kier molecular flexibility index (Phi) is 7.94. The molecule has 0 aliphatic carbocycles. The molecule has 0 saturated carbocycles. The molecule has 0 radical (unpaired) electrons. The quantitative estimate of drug-likeness (QED) is 0.576. The van der Waals surface area contributed by atoms with E-state index < -0.39 is 0 Å². The summed E-state index contributed by atoms with van der Waals surface area (Å²) < 4.78 is 0.826. The van der Waals surface area contributed by atoms with Crippen molar-refractivity contribution in [2.45, 2.75) is 6.42 Å². The number of amides is 2. The van der Waals surface area contributed by atoms with Gasteiger partial charge in [0, 0.05) is 55.2 Å². The van der Waals surface area contributed by atoms with E-state index in [2.05, 4.69) is 46.3 Å². The molecule has 9 heteroatoms. The third kappa shape index (κ3) is 6.79. The molecule has 8 nitrogen and oxygen atoms in total. The summed E-state index contributed by atoms with van der Waals surface area (Å²) in [7, 11) is 0. The Morgan fingerprint density at radius 1 is 1.03 bits per heavy atom. The normalized spacial score (nSPS) is 14.4. The minimum Gasteiger partial charge on any atom is -0.355 e. The van der Waals surface area contributed by atoms with Crippen molar-refractivity contribution in [1.29, 1.82) is 0 Å². The Hall–Kier alpha value is -2.52. The van der Waals surface area contributed by atoms with Crippen LogP contribution in [-0.2, 0) is 4.79 Å². The number of carbonyl (C=O) groups excluding carboxylic acids is 2. The van der Waals surface area contributed by atoms with Crippen LogP contribution < -0.4 is 15.5 Å². The second-order valence-corrected chi connectivity index (χ2v) is 7.69. The SMILES string of the molecule is O=C(CNC(=O)c1cccc(Br)c1)NCCCN1CCN(c2ncccn2)CC1. The van der Waals surface area contributed by atoms with Crippen molar-refractivity contribution >= 4 is 33.7 Å². The van der Waals surface area contributed by atoms with Crippen LogP contribution >= 0.6 is 15.9 Å². The summed E-state index contributed by atoms with van der Waals surface area (Å²) in [6.07, 6.45) is 4.39. The summed E-state index contributed by atoms with van der Waals surface area (Å²) in [5.74, 6) is 0.338. The van der Waals surface area contributed by atoms with E-state index in [1.807, 2.05) is 12.1 Å². The Morgan fingerprint density at radius 3 is 2.52 bits per heavy atom. The lowest BCUT2D eigenvalue weighted by molar-refractivity contribution is -0.120. The van der Waals surface area contributed by atoms with Crippen LogP contribution in [0.15, 0.2) is 47.2 Å². The molecule has 1 aliphatic rings. The third-order valence-corrected chi connectivity index (χ3v) is 5.17. The number of nitrogens with one attached hydrogen (secondary N) is 2. The second kappa shape index (κ2) is 10.9. The van der Waals surface area contributed by atoms with Crippen LogP contribution in [0.4, 0.5) is 5.95 Å². The number of benzene rings is 1. The molecule has 2 amide bonds. The molecule has 1 aromatic carbocycles. The highest BCUT2D eigenvalue weighted by Crippen LogP contribution is 2.11. The van der Waals surface area contributed by atoms with Crippen LogP contribution in [0.3, 0.4) is 0 Å². The first-order valence-electron chi connectivity index (χ1n) is 9.66. The first-order chi connectivity index (χ1) is 14.1. The number of halogens is 1. The molecule has 154 valence electrons. The van der Waals surface area contributed by atoms with Crippen molar-refractivity contribution in [3.8, 4) is 0 Å². The van der Waals surface area contributed by atoms with Gasteiger partial charge in [-0.2, -0.15) is 0 Å². The van der Waals surface area contributed by atoms with Gasteiger partial charge in [0.15, 0.2) is 0 Å². The maximum Gasteiger partial charge on any atom is 0.251 e. The topological polar surface area (TPSA) is 90.5 Å². The summed E-state index contributed by atoms with van der Waals surface area (Å²) in [5, 5.41) is 5.49. The maximum atomic E-state index is 12.0. The molecule has 0 unspecified atom stereocenters. The average molecular weight is 461 g/mol.